The Labute approximate surface area is 226 Å². The fraction of sp³-hybridized carbons (Fsp3) is 0.345. The number of hydrogen-bond acceptors (Lipinski definition) is 6. The van der Waals surface area contributed by atoms with Crippen LogP contribution in [-0.4, -0.2) is 38.6 Å². The number of benzene rings is 1. The largest absolute Gasteiger partial charge is 0.481 e. The monoisotopic (exact) mass is 531 g/mol. The van der Waals surface area contributed by atoms with Crippen LogP contribution < -0.4 is 10.6 Å². The molecule has 1 aromatic carbocycles. The number of anilines is 1. The van der Waals surface area contributed by atoms with E-state index in [1.165, 1.54) is 11.3 Å². The molecule has 1 atom stereocenters. The van der Waals surface area contributed by atoms with E-state index in [1.54, 1.807) is 6.20 Å². The van der Waals surface area contributed by atoms with Crippen LogP contribution >= 0.6 is 11.3 Å². The van der Waals surface area contributed by atoms with Crippen LogP contribution in [0.15, 0.2) is 54.9 Å². The molecule has 0 spiro atoms. The summed E-state index contributed by atoms with van der Waals surface area (Å²) in [6.45, 7) is 6.24. The van der Waals surface area contributed by atoms with Gasteiger partial charge in [-0.15, -0.1) is 0 Å². The summed E-state index contributed by atoms with van der Waals surface area (Å²) in [7, 11) is 0. The van der Waals surface area contributed by atoms with Crippen LogP contribution in [0.25, 0.3) is 32.6 Å². The molecule has 3 heterocycles. The molecule has 8 nitrogen and oxygen atoms in total. The van der Waals surface area contributed by atoms with Crippen molar-refractivity contribution in [3.05, 3.63) is 60.6 Å². The number of fused-ring (bicyclic) bond motifs is 1. The molecule has 3 N–H and O–H groups in total. The molecule has 0 aliphatic heterocycles. The van der Waals surface area contributed by atoms with Crippen molar-refractivity contribution >= 4 is 38.7 Å². The SMILES string of the molecule is CCCC(C)(CCCc1ccc(-c2cc(-c3ccccn3)c3sc(NC(=O)NCC)nc3c2)cn1)C(=O)O. The smallest absolute Gasteiger partial charge is 0.321 e. The van der Waals surface area contributed by atoms with E-state index in [4.69, 9.17) is 0 Å². The zero-order valence-electron chi connectivity index (χ0n) is 22.0. The number of aromatic nitrogens is 3. The minimum absolute atomic E-state index is 0.288. The molecule has 3 aromatic heterocycles. The third-order valence-corrected chi connectivity index (χ3v) is 7.65. The van der Waals surface area contributed by atoms with Gasteiger partial charge in [0.05, 0.1) is 21.3 Å². The van der Waals surface area contributed by atoms with Crippen molar-refractivity contribution in [1.82, 2.24) is 20.3 Å². The molecule has 0 radical (unpaired) electrons. The first-order valence-corrected chi connectivity index (χ1v) is 13.7. The molecule has 2 amide bonds. The summed E-state index contributed by atoms with van der Waals surface area (Å²) in [5.41, 5.74) is 4.68. The number of thiazole rings is 1. The zero-order chi connectivity index (χ0) is 27.1. The van der Waals surface area contributed by atoms with Crippen molar-refractivity contribution in [2.75, 3.05) is 11.9 Å². The average molecular weight is 532 g/mol. The minimum Gasteiger partial charge on any atom is -0.481 e. The molecule has 0 fully saturated rings. The van der Waals surface area contributed by atoms with E-state index in [9.17, 15) is 14.7 Å². The lowest BCUT2D eigenvalue weighted by molar-refractivity contribution is -0.148. The summed E-state index contributed by atoms with van der Waals surface area (Å²) in [4.78, 5) is 37.7. The molecular formula is C29H33N5O3S. The van der Waals surface area contributed by atoms with Gasteiger partial charge >= 0.3 is 12.0 Å². The first-order valence-electron chi connectivity index (χ1n) is 12.9. The molecular weight excluding hydrogens is 498 g/mol. The molecule has 4 rings (SSSR count). The summed E-state index contributed by atoms with van der Waals surface area (Å²) in [5.74, 6) is -0.729. The Morgan fingerprint density at radius 1 is 1.05 bits per heavy atom. The van der Waals surface area contributed by atoms with Gasteiger partial charge in [-0.25, -0.2) is 9.78 Å². The summed E-state index contributed by atoms with van der Waals surface area (Å²) in [5, 5.41) is 15.7. The van der Waals surface area contributed by atoms with Crippen molar-refractivity contribution < 1.29 is 14.7 Å². The third kappa shape index (κ3) is 6.34. The Kier molecular flexibility index (Phi) is 8.68. The number of aliphatic carboxylic acids is 1. The summed E-state index contributed by atoms with van der Waals surface area (Å²) < 4.78 is 0.942. The fourth-order valence-corrected chi connectivity index (χ4v) is 5.52. The zero-order valence-corrected chi connectivity index (χ0v) is 22.8. The van der Waals surface area contributed by atoms with E-state index < -0.39 is 11.4 Å². The second-order valence-electron chi connectivity index (χ2n) is 9.60. The van der Waals surface area contributed by atoms with Gasteiger partial charge < -0.3 is 10.4 Å². The van der Waals surface area contributed by atoms with E-state index in [-0.39, 0.29) is 6.03 Å². The van der Waals surface area contributed by atoms with E-state index >= 15 is 0 Å². The summed E-state index contributed by atoms with van der Waals surface area (Å²) in [6, 6.07) is 13.6. The summed E-state index contributed by atoms with van der Waals surface area (Å²) in [6.07, 6.45) is 7.25. The number of nitrogens with zero attached hydrogens (tertiary/aromatic N) is 3. The number of aryl methyl sites for hydroxylation is 1. The number of hydrogen-bond donors (Lipinski definition) is 3. The number of rotatable bonds is 11. The van der Waals surface area contributed by atoms with Gasteiger partial charge in [0.25, 0.3) is 0 Å². The average Bonchev–Trinajstić information content (AvgIpc) is 3.31. The van der Waals surface area contributed by atoms with Crippen molar-refractivity contribution in [1.29, 1.82) is 0 Å². The number of carboxylic acids is 1. The standard InChI is InChI=1S/C29H33N5O3S/c1-4-13-29(3,26(35)36)14-8-9-21-12-11-19(18-32-21)20-16-22(23-10-6-7-15-31-23)25-24(17-20)33-28(38-25)34-27(37)30-5-2/h6-7,10-12,15-18H,4-5,8-9,13-14H2,1-3H3,(H,35,36)(H2,30,33,34,37). The Morgan fingerprint density at radius 3 is 2.55 bits per heavy atom. The number of urea groups is 1. The first-order chi connectivity index (χ1) is 18.3. The van der Waals surface area contributed by atoms with Crippen LogP contribution in [0.2, 0.25) is 0 Å². The molecule has 0 saturated heterocycles. The van der Waals surface area contributed by atoms with Gasteiger partial charge in [-0.3, -0.25) is 20.1 Å². The Balaban J connectivity index is 1.59. The maximum absolute atomic E-state index is 12.1. The van der Waals surface area contributed by atoms with Crippen molar-refractivity contribution in [3.63, 3.8) is 0 Å². The van der Waals surface area contributed by atoms with E-state index in [1.807, 2.05) is 63.4 Å². The number of carbonyl (C=O) groups excluding carboxylic acids is 1. The maximum atomic E-state index is 12.1. The van der Waals surface area contributed by atoms with E-state index in [0.29, 0.717) is 24.5 Å². The second kappa shape index (κ2) is 12.1. The fourth-order valence-electron chi connectivity index (χ4n) is 4.56. The lowest BCUT2D eigenvalue weighted by Crippen LogP contribution is -2.28. The lowest BCUT2D eigenvalue weighted by atomic mass is 9.80. The minimum atomic E-state index is -0.729. The molecule has 198 valence electrons. The molecule has 9 heteroatoms. The highest BCUT2D eigenvalue weighted by Gasteiger charge is 2.31. The molecule has 0 aliphatic carbocycles. The molecule has 1 unspecified atom stereocenters. The van der Waals surface area contributed by atoms with Gasteiger partial charge in [0.2, 0.25) is 0 Å². The van der Waals surface area contributed by atoms with Crippen molar-refractivity contribution in [2.24, 2.45) is 5.41 Å². The maximum Gasteiger partial charge on any atom is 0.321 e. The molecule has 4 aromatic rings. The number of nitrogens with one attached hydrogen (secondary N) is 2. The predicted molar refractivity (Wildman–Crippen MR) is 152 cm³/mol. The van der Waals surface area contributed by atoms with Crippen LogP contribution in [0.1, 0.15) is 52.1 Å². The summed E-state index contributed by atoms with van der Waals surface area (Å²) >= 11 is 1.42. The Hall–Kier alpha value is -3.85. The van der Waals surface area contributed by atoms with Gasteiger partial charge in [0, 0.05) is 35.8 Å². The molecule has 0 saturated carbocycles. The predicted octanol–water partition coefficient (Wildman–Crippen LogP) is 6.78. The van der Waals surface area contributed by atoms with Gasteiger partial charge in [-0.2, -0.15) is 0 Å². The third-order valence-electron chi connectivity index (χ3n) is 6.63. The van der Waals surface area contributed by atoms with Crippen molar-refractivity contribution in [2.45, 2.75) is 52.9 Å². The van der Waals surface area contributed by atoms with Crippen LogP contribution in [0.5, 0.6) is 0 Å². The van der Waals surface area contributed by atoms with Gasteiger partial charge in [-0.05, 0) is 75.4 Å². The normalized spacial score (nSPS) is 12.7. The number of pyridine rings is 2. The van der Waals surface area contributed by atoms with E-state index in [0.717, 1.165) is 57.6 Å². The topological polar surface area (TPSA) is 117 Å². The van der Waals surface area contributed by atoms with E-state index in [2.05, 4.69) is 31.7 Å². The second-order valence-corrected chi connectivity index (χ2v) is 10.6. The van der Waals surface area contributed by atoms with Crippen LogP contribution in [0.4, 0.5) is 9.93 Å². The number of carbonyl (C=O) groups is 2. The number of amides is 2. The molecule has 0 aliphatic rings. The molecule has 38 heavy (non-hydrogen) atoms. The lowest BCUT2D eigenvalue weighted by Gasteiger charge is -2.24. The van der Waals surface area contributed by atoms with Gasteiger partial charge in [0.15, 0.2) is 5.13 Å². The number of carboxylic acid groups (broad SMARTS) is 1. The van der Waals surface area contributed by atoms with Gasteiger partial charge in [0.1, 0.15) is 0 Å². The Morgan fingerprint density at radius 2 is 1.89 bits per heavy atom. The quantitative estimate of drug-likeness (QED) is 0.196. The van der Waals surface area contributed by atoms with Gasteiger partial charge in [-0.1, -0.05) is 36.8 Å². The van der Waals surface area contributed by atoms with Crippen molar-refractivity contribution in [3.8, 4) is 22.4 Å². The molecule has 0 bridgehead atoms. The highest BCUT2D eigenvalue weighted by Crippen LogP contribution is 2.38. The Bertz CT molecular complexity index is 1410. The van der Waals surface area contributed by atoms with Crippen LogP contribution in [0, 0.1) is 5.41 Å². The first kappa shape index (κ1) is 27.2. The van der Waals surface area contributed by atoms with Crippen LogP contribution in [0.3, 0.4) is 0 Å². The van der Waals surface area contributed by atoms with Crippen LogP contribution in [-0.2, 0) is 11.2 Å². The highest BCUT2D eigenvalue weighted by molar-refractivity contribution is 7.22. The highest BCUT2D eigenvalue weighted by atomic mass is 32.1.